The van der Waals surface area contributed by atoms with Crippen molar-refractivity contribution in [3.8, 4) is 5.75 Å². The highest BCUT2D eigenvalue weighted by molar-refractivity contribution is 5.20. The predicted molar refractivity (Wildman–Crippen MR) is 71.7 cm³/mol. The predicted octanol–water partition coefficient (Wildman–Crippen LogP) is 3.12. The molecule has 0 atom stereocenters. The number of hydrogen-bond donors (Lipinski definition) is 0. The first kappa shape index (κ1) is 12.7. The fraction of sp³-hybridized carbons (Fsp3) is 0.250. The smallest absolute Gasteiger partial charge is 0.119 e. The summed E-state index contributed by atoms with van der Waals surface area (Å²) < 4.78 is 11.1. The SMILES string of the molecule is [c]1ccc(CCOCCOc2ccccc2)cc1. The lowest BCUT2D eigenvalue weighted by Gasteiger charge is -2.07. The van der Waals surface area contributed by atoms with Crippen LogP contribution in [0, 0.1) is 6.07 Å². The zero-order valence-corrected chi connectivity index (χ0v) is 10.3. The molecule has 0 saturated heterocycles. The van der Waals surface area contributed by atoms with Gasteiger partial charge < -0.3 is 9.47 Å². The third-order valence-corrected chi connectivity index (χ3v) is 2.56. The number of ether oxygens (including phenoxy) is 2. The minimum Gasteiger partial charge on any atom is -0.491 e. The average molecular weight is 241 g/mol. The fourth-order valence-electron chi connectivity index (χ4n) is 1.62. The molecule has 0 unspecified atom stereocenters. The van der Waals surface area contributed by atoms with Crippen molar-refractivity contribution in [1.29, 1.82) is 0 Å². The van der Waals surface area contributed by atoms with E-state index < -0.39 is 0 Å². The summed E-state index contributed by atoms with van der Waals surface area (Å²) in [4.78, 5) is 0. The molecule has 2 heteroatoms. The van der Waals surface area contributed by atoms with E-state index in [1.54, 1.807) is 0 Å². The Morgan fingerprint density at radius 1 is 0.833 bits per heavy atom. The van der Waals surface area contributed by atoms with Crippen LogP contribution in [0.2, 0.25) is 0 Å². The van der Waals surface area contributed by atoms with Crippen molar-refractivity contribution >= 4 is 0 Å². The van der Waals surface area contributed by atoms with Gasteiger partial charge in [0, 0.05) is 0 Å². The Labute approximate surface area is 108 Å². The van der Waals surface area contributed by atoms with E-state index >= 15 is 0 Å². The summed E-state index contributed by atoms with van der Waals surface area (Å²) in [6.45, 7) is 1.93. The van der Waals surface area contributed by atoms with E-state index in [0.717, 1.165) is 18.8 Å². The molecule has 0 aliphatic heterocycles. The average Bonchev–Trinajstić information content (AvgIpc) is 2.45. The van der Waals surface area contributed by atoms with Crippen LogP contribution >= 0.6 is 0 Å². The number of hydrogen-bond acceptors (Lipinski definition) is 2. The molecule has 0 saturated carbocycles. The summed E-state index contributed by atoms with van der Waals surface area (Å²) >= 11 is 0. The molecule has 0 bridgehead atoms. The minimum atomic E-state index is 0.590. The summed E-state index contributed by atoms with van der Waals surface area (Å²) in [6, 6.07) is 20.8. The third-order valence-electron chi connectivity index (χ3n) is 2.56. The van der Waals surface area contributed by atoms with Gasteiger partial charge in [-0.3, -0.25) is 0 Å². The molecule has 0 fully saturated rings. The lowest BCUT2D eigenvalue weighted by atomic mass is 10.2. The summed E-state index contributed by atoms with van der Waals surface area (Å²) in [5.41, 5.74) is 1.28. The molecule has 2 aromatic rings. The van der Waals surface area contributed by atoms with Crippen molar-refractivity contribution in [3.05, 3.63) is 66.2 Å². The maximum Gasteiger partial charge on any atom is 0.119 e. The molecule has 0 heterocycles. The topological polar surface area (TPSA) is 18.5 Å². The van der Waals surface area contributed by atoms with Gasteiger partial charge in [-0.1, -0.05) is 42.5 Å². The summed E-state index contributed by atoms with van der Waals surface area (Å²) in [7, 11) is 0. The van der Waals surface area contributed by atoms with Crippen molar-refractivity contribution in [2.24, 2.45) is 0 Å². The van der Waals surface area contributed by atoms with Crippen LogP contribution in [0.1, 0.15) is 5.56 Å². The van der Waals surface area contributed by atoms with Crippen molar-refractivity contribution < 1.29 is 9.47 Å². The van der Waals surface area contributed by atoms with Gasteiger partial charge in [-0.15, -0.1) is 0 Å². The Morgan fingerprint density at radius 3 is 2.39 bits per heavy atom. The Bertz CT molecular complexity index is 382. The zero-order chi connectivity index (χ0) is 12.5. The Morgan fingerprint density at radius 2 is 1.61 bits per heavy atom. The normalized spacial score (nSPS) is 10.2. The molecule has 2 nitrogen and oxygen atoms in total. The first-order chi connectivity index (χ1) is 8.95. The van der Waals surface area contributed by atoms with Crippen LogP contribution in [0.5, 0.6) is 5.75 Å². The van der Waals surface area contributed by atoms with E-state index in [9.17, 15) is 0 Å². The van der Waals surface area contributed by atoms with Gasteiger partial charge in [0.2, 0.25) is 0 Å². The molecule has 1 radical (unpaired) electrons. The molecule has 2 aromatic carbocycles. The summed E-state index contributed by atoms with van der Waals surface area (Å²) in [5, 5.41) is 0. The number of rotatable bonds is 7. The van der Waals surface area contributed by atoms with Gasteiger partial charge in [0.1, 0.15) is 12.4 Å². The van der Waals surface area contributed by atoms with Gasteiger partial charge in [0.25, 0.3) is 0 Å². The maximum atomic E-state index is 5.53. The first-order valence-electron chi connectivity index (χ1n) is 6.16. The van der Waals surface area contributed by atoms with Gasteiger partial charge in [-0.25, -0.2) is 0 Å². The quantitative estimate of drug-likeness (QED) is 0.693. The van der Waals surface area contributed by atoms with Gasteiger partial charge in [0.15, 0.2) is 0 Å². The molecule has 0 N–H and O–H groups in total. The van der Waals surface area contributed by atoms with E-state index in [2.05, 4.69) is 18.2 Å². The summed E-state index contributed by atoms with van der Waals surface area (Å²) in [5.74, 6) is 0.889. The van der Waals surface area contributed by atoms with Crippen molar-refractivity contribution in [3.63, 3.8) is 0 Å². The Hall–Kier alpha value is -1.80. The van der Waals surface area contributed by atoms with Crippen LogP contribution in [0.25, 0.3) is 0 Å². The van der Waals surface area contributed by atoms with Crippen LogP contribution in [0.15, 0.2) is 54.6 Å². The van der Waals surface area contributed by atoms with Crippen molar-refractivity contribution in [1.82, 2.24) is 0 Å². The second kappa shape index (κ2) is 7.51. The Kier molecular flexibility index (Phi) is 5.28. The highest BCUT2D eigenvalue weighted by Crippen LogP contribution is 2.07. The molecular formula is C16H17O2. The number of benzene rings is 2. The molecule has 2 rings (SSSR count). The van der Waals surface area contributed by atoms with Crippen molar-refractivity contribution in [2.45, 2.75) is 6.42 Å². The molecule has 0 aliphatic rings. The molecule has 93 valence electrons. The second-order valence-electron chi connectivity index (χ2n) is 3.93. The fourth-order valence-corrected chi connectivity index (χ4v) is 1.62. The molecule has 0 aliphatic carbocycles. The molecule has 0 aromatic heterocycles. The lowest BCUT2D eigenvalue weighted by molar-refractivity contribution is 0.102. The highest BCUT2D eigenvalue weighted by atomic mass is 16.5. The summed E-state index contributed by atoms with van der Waals surface area (Å²) in [6.07, 6.45) is 0.931. The molecule has 18 heavy (non-hydrogen) atoms. The largest absolute Gasteiger partial charge is 0.491 e. The monoisotopic (exact) mass is 241 g/mol. The Balaban J connectivity index is 1.54. The van der Waals surface area contributed by atoms with Crippen molar-refractivity contribution in [2.75, 3.05) is 19.8 Å². The lowest BCUT2D eigenvalue weighted by Crippen LogP contribution is -2.08. The van der Waals surface area contributed by atoms with E-state index in [4.69, 9.17) is 9.47 Å². The van der Waals surface area contributed by atoms with E-state index in [0.29, 0.717) is 13.2 Å². The van der Waals surface area contributed by atoms with Crippen LogP contribution < -0.4 is 4.74 Å². The van der Waals surface area contributed by atoms with Gasteiger partial charge >= 0.3 is 0 Å². The van der Waals surface area contributed by atoms with Crippen LogP contribution in [0.3, 0.4) is 0 Å². The van der Waals surface area contributed by atoms with E-state index in [1.807, 2.05) is 42.5 Å². The van der Waals surface area contributed by atoms with Crippen LogP contribution in [-0.2, 0) is 11.2 Å². The van der Waals surface area contributed by atoms with Crippen LogP contribution in [-0.4, -0.2) is 19.8 Å². The van der Waals surface area contributed by atoms with E-state index in [-0.39, 0.29) is 0 Å². The standard InChI is InChI=1S/C16H17O2/c1-3-7-15(8-4-1)11-12-17-13-14-18-16-9-5-2-6-10-16/h2-10H,11-14H2. The zero-order valence-electron chi connectivity index (χ0n) is 10.3. The van der Waals surface area contributed by atoms with Gasteiger partial charge in [-0.05, 0) is 30.2 Å². The molecule has 0 spiro atoms. The van der Waals surface area contributed by atoms with Gasteiger partial charge in [0.05, 0.1) is 13.2 Å². The van der Waals surface area contributed by atoms with Gasteiger partial charge in [-0.2, -0.15) is 0 Å². The van der Waals surface area contributed by atoms with E-state index in [1.165, 1.54) is 5.56 Å². The van der Waals surface area contributed by atoms with Crippen LogP contribution in [0.4, 0.5) is 0 Å². The minimum absolute atomic E-state index is 0.590. The first-order valence-corrected chi connectivity index (χ1v) is 6.16. The highest BCUT2D eigenvalue weighted by Gasteiger charge is 1.94. The second-order valence-corrected chi connectivity index (χ2v) is 3.93. The maximum absolute atomic E-state index is 5.53. The third kappa shape index (κ3) is 4.60. The molecule has 0 amide bonds. The number of para-hydroxylation sites is 1. The molecular weight excluding hydrogens is 224 g/mol.